The molecule has 160 valence electrons. The molecule has 1 aromatic carbocycles. The molecule has 30 heavy (non-hydrogen) atoms. The van der Waals surface area contributed by atoms with E-state index in [9.17, 15) is 21.6 Å². The van der Waals surface area contributed by atoms with Gasteiger partial charge in [-0.3, -0.25) is 4.98 Å². The van der Waals surface area contributed by atoms with Crippen LogP contribution in [0.1, 0.15) is 25.1 Å². The molecule has 0 saturated heterocycles. The lowest BCUT2D eigenvalue weighted by Crippen LogP contribution is -2.24. The number of hydrogen-bond donors (Lipinski definition) is 0. The van der Waals surface area contributed by atoms with Crippen molar-refractivity contribution in [1.29, 1.82) is 0 Å². The lowest BCUT2D eigenvalue weighted by Gasteiger charge is -2.09. The van der Waals surface area contributed by atoms with Gasteiger partial charge in [0.15, 0.2) is 0 Å². The summed E-state index contributed by atoms with van der Waals surface area (Å²) in [6, 6.07) is 7.87. The van der Waals surface area contributed by atoms with Gasteiger partial charge in [-0.25, -0.2) is 13.4 Å². The summed E-state index contributed by atoms with van der Waals surface area (Å²) in [5.74, 6) is -0.688. The Morgan fingerprint density at radius 3 is 2.53 bits per heavy atom. The minimum absolute atomic E-state index is 0.0380. The van der Waals surface area contributed by atoms with Crippen molar-refractivity contribution in [2.75, 3.05) is 0 Å². The highest BCUT2D eigenvalue weighted by molar-refractivity contribution is 7.91. The molecule has 0 aliphatic heterocycles. The molecule has 0 aliphatic rings. The number of halogens is 4. The molecule has 0 fully saturated rings. The average molecular weight is 475 g/mol. The Balaban J connectivity index is 1.86. The van der Waals surface area contributed by atoms with E-state index in [2.05, 4.69) is 23.8 Å². The summed E-state index contributed by atoms with van der Waals surface area (Å²) in [5, 5.41) is 2.69. The first-order valence-corrected chi connectivity index (χ1v) is 11.9. The maximum atomic E-state index is 12.6. The first-order chi connectivity index (χ1) is 14.0. The van der Waals surface area contributed by atoms with Gasteiger partial charge in [-0.05, 0) is 36.1 Å². The smallest absolute Gasteiger partial charge is 0.261 e. The highest BCUT2D eigenvalue weighted by Crippen LogP contribution is 2.34. The second-order valence-electron chi connectivity index (χ2n) is 7.19. The van der Waals surface area contributed by atoms with Crippen molar-refractivity contribution in [3.63, 3.8) is 0 Å². The quantitative estimate of drug-likeness (QED) is 0.429. The van der Waals surface area contributed by atoms with Crippen LogP contribution in [0.5, 0.6) is 0 Å². The van der Waals surface area contributed by atoms with Gasteiger partial charge in [0.2, 0.25) is 0 Å². The number of rotatable bonds is 6. The number of sulfone groups is 1. The fourth-order valence-electron chi connectivity index (χ4n) is 2.83. The molecule has 3 aromatic rings. The predicted molar refractivity (Wildman–Crippen MR) is 113 cm³/mol. The summed E-state index contributed by atoms with van der Waals surface area (Å²) in [7, 11) is -5.27. The summed E-state index contributed by atoms with van der Waals surface area (Å²) >= 11 is 7.63. The summed E-state index contributed by atoms with van der Waals surface area (Å²) in [6.45, 7) is 4.23. The molecule has 2 aromatic heterocycles. The van der Waals surface area contributed by atoms with Gasteiger partial charge >= 0.3 is 5.51 Å². The molecule has 0 aliphatic carbocycles. The fraction of sp³-hybridized carbons (Fsp3) is 0.300. The molecule has 0 spiro atoms. The molecular formula is C20H18ClF3N2O2S2. The van der Waals surface area contributed by atoms with Crippen molar-refractivity contribution in [3.05, 3.63) is 58.2 Å². The SMILES string of the molecule is CC(C)Cc1cc(-c2nc(-c3ccc(CS(=O)(=O)C(F)(F)F)cc3Cl)cs2)ccn1. The van der Waals surface area contributed by atoms with Crippen molar-refractivity contribution in [3.8, 4) is 21.8 Å². The molecular weight excluding hydrogens is 457 g/mol. The zero-order valence-electron chi connectivity index (χ0n) is 16.1. The molecule has 0 bridgehead atoms. The molecule has 0 saturated carbocycles. The van der Waals surface area contributed by atoms with Crippen molar-refractivity contribution in [2.45, 2.75) is 31.5 Å². The Hall–Kier alpha value is -1.97. The average Bonchev–Trinajstić information content (AvgIpc) is 3.10. The topological polar surface area (TPSA) is 59.9 Å². The molecule has 0 unspecified atom stereocenters. The Morgan fingerprint density at radius 1 is 1.17 bits per heavy atom. The second-order valence-corrected chi connectivity index (χ2v) is 10.4. The van der Waals surface area contributed by atoms with Gasteiger partial charge in [-0.1, -0.05) is 37.6 Å². The van der Waals surface area contributed by atoms with Gasteiger partial charge in [0.05, 0.1) is 16.5 Å². The van der Waals surface area contributed by atoms with Crippen LogP contribution in [0.25, 0.3) is 21.8 Å². The van der Waals surface area contributed by atoms with Crippen LogP contribution in [0.2, 0.25) is 5.02 Å². The molecule has 0 amide bonds. The summed E-state index contributed by atoms with van der Waals surface area (Å²) in [6.07, 6.45) is 2.58. The monoisotopic (exact) mass is 474 g/mol. The van der Waals surface area contributed by atoms with E-state index >= 15 is 0 Å². The Labute approximate surface area is 181 Å². The molecule has 10 heteroatoms. The highest BCUT2D eigenvalue weighted by atomic mass is 35.5. The summed E-state index contributed by atoms with van der Waals surface area (Å²) in [5.41, 5.74) is -2.38. The number of nitrogens with zero attached hydrogens (tertiary/aromatic N) is 2. The third-order valence-electron chi connectivity index (χ3n) is 4.20. The minimum atomic E-state index is -5.30. The first kappa shape index (κ1) is 22.7. The number of thiazole rings is 1. The number of pyridine rings is 1. The third kappa shape index (κ3) is 5.19. The molecule has 2 heterocycles. The first-order valence-electron chi connectivity index (χ1n) is 8.95. The van der Waals surface area contributed by atoms with E-state index in [0.29, 0.717) is 17.2 Å². The van der Waals surface area contributed by atoms with Crippen LogP contribution in [-0.2, 0) is 22.0 Å². The molecule has 4 nitrogen and oxygen atoms in total. The van der Waals surface area contributed by atoms with Gasteiger partial charge in [0.1, 0.15) is 5.01 Å². The third-order valence-corrected chi connectivity index (χ3v) is 6.83. The van der Waals surface area contributed by atoms with Crippen LogP contribution in [0, 0.1) is 5.92 Å². The summed E-state index contributed by atoms with van der Waals surface area (Å²) < 4.78 is 60.5. The van der Waals surface area contributed by atoms with Gasteiger partial charge < -0.3 is 0 Å². The van der Waals surface area contributed by atoms with Crippen LogP contribution in [0.3, 0.4) is 0 Å². The Morgan fingerprint density at radius 2 is 1.90 bits per heavy atom. The maximum absolute atomic E-state index is 12.6. The Kier molecular flexibility index (Phi) is 6.54. The molecule has 0 radical (unpaired) electrons. The number of benzene rings is 1. The number of aromatic nitrogens is 2. The van der Waals surface area contributed by atoms with E-state index in [1.807, 2.05) is 12.1 Å². The van der Waals surface area contributed by atoms with Crippen LogP contribution in [0.4, 0.5) is 13.2 Å². The van der Waals surface area contributed by atoms with Crippen molar-refractivity contribution in [2.24, 2.45) is 5.92 Å². The lowest BCUT2D eigenvalue weighted by molar-refractivity contribution is -0.0437. The van der Waals surface area contributed by atoms with Gasteiger partial charge in [-0.15, -0.1) is 11.3 Å². The molecule has 0 atom stereocenters. The summed E-state index contributed by atoms with van der Waals surface area (Å²) in [4.78, 5) is 8.95. The second kappa shape index (κ2) is 8.64. The van der Waals surface area contributed by atoms with Crippen LogP contribution < -0.4 is 0 Å². The van der Waals surface area contributed by atoms with E-state index in [1.54, 1.807) is 11.6 Å². The van der Waals surface area contributed by atoms with E-state index in [0.717, 1.165) is 22.7 Å². The zero-order valence-corrected chi connectivity index (χ0v) is 18.5. The fourth-order valence-corrected chi connectivity index (χ4v) is 4.73. The molecule has 3 rings (SSSR count). The zero-order chi connectivity index (χ0) is 22.1. The van der Waals surface area contributed by atoms with E-state index < -0.39 is 21.1 Å². The van der Waals surface area contributed by atoms with Crippen molar-refractivity contribution in [1.82, 2.24) is 9.97 Å². The molecule has 0 N–H and O–H groups in total. The van der Waals surface area contributed by atoms with Crippen LogP contribution in [-0.4, -0.2) is 23.9 Å². The van der Waals surface area contributed by atoms with Gasteiger partial charge in [0.25, 0.3) is 9.84 Å². The van der Waals surface area contributed by atoms with Crippen LogP contribution in [0.15, 0.2) is 41.9 Å². The predicted octanol–water partition coefficient (Wildman–Crippen LogP) is 6.16. The highest BCUT2D eigenvalue weighted by Gasteiger charge is 2.45. The van der Waals surface area contributed by atoms with Crippen molar-refractivity contribution < 1.29 is 21.6 Å². The van der Waals surface area contributed by atoms with E-state index in [4.69, 9.17) is 11.6 Å². The van der Waals surface area contributed by atoms with E-state index in [-0.39, 0.29) is 10.6 Å². The van der Waals surface area contributed by atoms with Gasteiger partial charge in [0, 0.05) is 28.4 Å². The van der Waals surface area contributed by atoms with Crippen molar-refractivity contribution >= 4 is 32.8 Å². The number of alkyl halides is 3. The van der Waals surface area contributed by atoms with Crippen LogP contribution >= 0.6 is 22.9 Å². The normalized spacial score (nSPS) is 12.5. The standard InChI is InChI=1S/C20H18ClF3N2O2S2/c1-12(2)7-15-9-14(5-6-25-15)19-26-18(10-29-19)16-4-3-13(8-17(16)21)11-30(27,28)20(22,23)24/h3-6,8-10,12H,7,11H2,1-2H3. The lowest BCUT2D eigenvalue weighted by atomic mass is 10.1. The number of hydrogen-bond acceptors (Lipinski definition) is 5. The van der Waals surface area contributed by atoms with Gasteiger partial charge in [-0.2, -0.15) is 13.2 Å². The van der Waals surface area contributed by atoms with E-state index in [1.165, 1.54) is 29.5 Å². The Bertz CT molecular complexity index is 1160. The minimum Gasteiger partial charge on any atom is -0.261 e. The maximum Gasteiger partial charge on any atom is 0.497 e. The largest absolute Gasteiger partial charge is 0.497 e.